The van der Waals surface area contributed by atoms with Crippen molar-refractivity contribution >= 4 is 11.3 Å². The van der Waals surface area contributed by atoms with Crippen LogP contribution in [0.2, 0.25) is 0 Å². The second-order valence-corrected chi connectivity index (χ2v) is 3.13. The largest absolute Gasteiger partial charge is 0.305 e. The topological polar surface area (TPSA) is 23.9 Å². The summed E-state index contributed by atoms with van der Waals surface area (Å²) in [4.78, 5) is 0. The Morgan fingerprint density at radius 2 is 1.85 bits per heavy atom. The van der Waals surface area contributed by atoms with Gasteiger partial charge < -0.3 is 5.41 Å². The van der Waals surface area contributed by atoms with Crippen molar-refractivity contribution < 1.29 is 0 Å². The van der Waals surface area contributed by atoms with Gasteiger partial charge in [0.05, 0.1) is 0 Å². The second-order valence-electron chi connectivity index (χ2n) is 3.13. The van der Waals surface area contributed by atoms with Crippen molar-refractivity contribution in [2.24, 2.45) is 0 Å². The van der Waals surface area contributed by atoms with Crippen molar-refractivity contribution in [3.63, 3.8) is 0 Å². The molecule has 1 aromatic rings. The van der Waals surface area contributed by atoms with Crippen LogP contribution in [0.4, 0.5) is 0 Å². The van der Waals surface area contributed by atoms with E-state index in [2.05, 4.69) is 13.5 Å². The molecule has 1 aromatic carbocycles. The van der Waals surface area contributed by atoms with Gasteiger partial charge in [-0.3, -0.25) is 0 Å². The van der Waals surface area contributed by atoms with E-state index in [-0.39, 0.29) is 0 Å². The summed E-state index contributed by atoms with van der Waals surface area (Å²) in [7, 11) is 0. The second kappa shape index (κ2) is 4.04. The smallest absolute Gasteiger partial charge is 0.0361 e. The summed E-state index contributed by atoms with van der Waals surface area (Å²) in [5.41, 5.74) is 3.80. The van der Waals surface area contributed by atoms with E-state index in [1.54, 1.807) is 0 Å². The molecule has 0 saturated heterocycles. The highest BCUT2D eigenvalue weighted by molar-refractivity contribution is 6.00. The van der Waals surface area contributed by atoms with Gasteiger partial charge in [-0.25, -0.2) is 0 Å². The van der Waals surface area contributed by atoms with Gasteiger partial charge in [0.15, 0.2) is 0 Å². The van der Waals surface area contributed by atoms with Gasteiger partial charge in [-0.1, -0.05) is 37.8 Å². The predicted molar refractivity (Wildman–Crippen MR) is 58.3 cm³/mol. The molecule has 0 saturated carbocycles. The molecule has 0 aliphatic carbocycles. The van der Waals surface area contributed by atoms with Crippen LogP contribution in [-0.2, 0) is 0 Å². The Morgan fingerprint density at radius 3 is 2.31 bits per heavy atom. The highest BCUT2D eigenvalue weighted by atomic mass is 14.4. The highest BCUT2D eigenvalue weighted by Gasteiger charge is 2.04. The summed E-state index contributed by atoms with van der Waals surface area (Å²) >= 11 is 0. The Balaban J connectivity index is 3.19. The summed E-state index contributed by atoms with van der Waals surface area (Å²) in [6, 6.07) is 7.94. The zero-order valence-electron chi connectivity index (χ0n) is 8.22. The van der Waals surface area contributed by atoms with Crippen LogP contribution in [0.3, 0.4) is 0 Å². The molecule has 0 heterocycles. The number of allylic oxidation sites excluding steroid dienone is 1. The molecule has 0 atom stereocenters. The molecule has 0 fully saturated rings. The Bertz CT molecular complexity index is 337. The predicted octanol–water partition coefficient (Wildman–Crippen LogP) is 3.50. The van der Waals surface area contributed by atoms with Crippen LogP contribution in [0.5, 0.6) is 0 Å². The first kappa shape index (κ1) is 9.72. The van der Waals surface area contributed by atoms with Gasteiger partial charge >= 0.3 is 0 Å². The molecule has 0 spiro atoms. The average molecular weight is 173 g/mol. The van der Waals surface area contributed by atoms with Gasteiger partial charge in [0, 0.05) is 11.3 Å². The van der Waals surface area contributed by atoms with E-state index < -0.39 is 0 Å². The third-order valence-electron chi connectivity index (χ3n) is 2.14. The fourth-order valence-corrected chi connectivity index (χ4v) is 1.31. The summed E-state index contributed by atoms with van der Waals surface area (Å²) in [5, 5.41) is 7.60. The first-order valence-electron chi connectivity index (χ1n) is 4.49. The van der Waals surface area contributed by atoms with Crippen LogP contribution in [0.25, 0.3) is 5.57 Å². The van der Waals surface area contributed by atoms with E-state index in [1.165, 1.54) is 0 Å². The Morgan fingerprint density at radius 1 is 1.31 bits per heavy atom. The van der Waals surface area contributed by atoms with Gasteiger partial charge in [-0.2, -0.15) is 0 Å². The molecule has 1 N–H and O–H groups in total. The molecule has 13 heavy (non-hydrogen) atoms. The zero-order valence-corrected chi connectivity index (χ0v) is 8.22. The molecule has 0 unspecified atom stereocenters. The Labute approximate surface area is 79.6 Å². The number of rotatable bonds is 3. The van der Waals surface area contributed by atoms with E-state index in [0.717, 1.165) is 23.1 Å². The highest BCUT2D eigenvalue weighted by Crippen LogP contribution is 2.20. The van der Waals surface area contributed by atoms with Crippen LogP contribution >= 0.6 is 0 Å². The quantitative estimate of drug-likeness (QED) is 0.676. The number of nitrogens with one attached hydrogen (secondary N) is 1. The summed E-state index contributed by atoms with van der Waals surface area (Å²) in [6.45, 7) is 7.88. The van der Waals surface area contributed by atoms with Crippen LogP contribution in [0.1, 0.15) is 31.4 Å². The first-order valence-corrected chi connectivity index (χ1v) is 4.49. The molecular formula is C12H15N. The lowest BCUT2D eigenvalue weighted by Crippen LogP contribution is -1.97. The zero-order chi connectivity index (χ0) is 9.84. The van der Waals surface area contributed by atoms with Gasteiger partial charge in [0.25, 0.3) is 0 Å². The molecule has 0 aliphatic rings. The molecule has 0 amide bonds. The van der Waals surface area contributed by atoms with Crippen LogP contribution in [0, 0.1) is 5.41 Å². The number of benzene rings is 1. The van der Waals surface area contributed by atoms with Crippen molar-refractivity contribution in [3.8, 4) is 0 Å². The normalized spacial score (nSPS) is 9.69. The van der Waals surface area contributed by atoms with E-state index >= 15 is 0 Å². The van der Waals surface area contributed by atoms with E-state index in [4.69, 9.17) is 5.41 Å². The maximum Gasteiger partial charge on any atom is 0.0361 e. The van der Waals surface area contributed by atoms with Gasteiger partial charge in [0.2, 0.25) is 0 Å². The Hall–Kier alpha value is -1.37. The van der Waals surface area contributed by atoms with Gasteiger partial charge in [-0.05, 0) is 24.5 Å². The third-order valence-corrected chi connectivity index (χ3v) is 2.14. The molecule has 1 rings (SSSR count). The summed E-state index contributed by atoms with van der Waals surface area (Å²) in [6.07, 6.45) is 0.935. The van der Waals surface area contributed by atoms with Crippen LogP contribution in [-0.4, -0.2) is 5.71 Å². The Kier molecular flexibility index (Phi) is 3.02. The number of hydrogen-bond donors (Lipinski definition) is 1. The van der Waals surface area contributed by atoms with E-state index in [1.807, 2.05) is 31.2 Å². The van der Waals surface area contributed by atoms with Crippen molar-refractivity contribution in [1.82, 2.24) is 0 Å². The SMILES string of the molecule is C=C(CC)c1ccccc1C(C)=N. The first-order chi connectivity index (χ1) is 6.16. The lowest BCUT2D eigenvalue weighted by atomic mass is 9.97. The molecule has 1 heteroatoms. The fraction of sp³-hybridized carbons (Fsp3) is 0.250. The van der Waals surface area contributed by atoms with E-state index in [0.29, 0.717) is 5.71 Å². The van der Waals surface area contributed by atoms with Crippen LogP contribution in [0.15, 0.2) is 30.8 Å². The molecule has 1 nitrogen and oxygen atoms in total. The average Bonchev–Trinajstić information content (AvgIpc) is 2.16. The van der Waals surface area contributed by atoms with Crippen molar-refractivity contribution in [1.29, 1.82) is 5.41 Å². The molecule has 0 aromatic heterocycles. The molecule has 0 aliphatic heterocycles. The third kappa shape index (κ3) is 2.05. The van der Waals surface area contributed by atoms with E-state index in [9.17, 15) is 0 Å². The maximum absolute atomic E-state index is 7.60. The van der Waals surface area contributed by atoms with Crippen LogP contribution < -0.4 is 0 Å². The van der Waals surface area contributed by atoms with Crippen molar-refractivity contribution in [2.45, 2.75) is 20.3 Å². The standard InChI is InChI=1S/C12H15N/c1-4-9(2)11-7-5-6-8-12(11)10(3)13/h5-8,13H,2,4H2,1,3H3. The minimum absolute atomic E-state index is 0.602. The van der Waals surface area contributed by atoms with Crippen molar-refractivity contribution in [2.75, 3.05) is 0 Å². The lowest BCUT2D eigenvalue weighted by Gasteiger charge is -2.08. The minimum atomic E-state index is 0.602. The van der Waals surface area contributed by atoms with Crippen molar-refractivity contribution in [3.05, 3.63) is 42.0 Å². The maximum atomic E-state index is 7.60. The summed E-state index contributed by atoms with van der Waals surface area (Å²) in [5.74, 6) is 0. The monoisotopic (exact) mass is 173 g/mol. The molecular weight excluding hydrogens is 158 g/mol. The molecule has 0 radical (unpaired) electrons. The fourth-order valence-electron chi connectivity index (χ4n) is 1.31. The minimum Gasteiger partial charge on any atom is -0.305 e. The van der Waals surface area contributed by atoms with Gasteiger partial charge in [0.1, 0.15) is 0 Å². The molecule has 68 valence electrons. The number of hydrogen-bond acceptors (Lipinski definition) is 1. The summed E-state index contributed by atoms with van der Waals surface area (Å²) < 4.78 is 0. The lowest BCUT2D eigenvalue weighted by molar-refractivity contribution is 1.24. The van der Waals surface area contributed by atoms with Gasteiger partial charge in [-0.15, -0.1) is 0 Å². The molecule has 0 bridgehead atoms.